The fourth-order valence-corrected chi connectivity index (χ4v) is 1.64. The smallest absolute Gasteiger partial charge is 0.323 e. The first-order valence-electron chi connectivity index (χ1n) is 5.96. The molecular formula is C14H13N3O4. The number of nitrogens with two attached hydrogens (primary N) is 1. The number of hydrogen-bond acceptors (Lipinski definition) is 4. The lowest BCUT2D eigenvalue weighted by atomic mass is 10.2. The topological polar surface area (TPSA) is 125 Å². The van der Waals surface area contributed by atoms with Crippen LogP contribution in [-0.2, 0) is 0 Å². The standard InChI is InChI=1S/C14H13N3O4/c15-13(20)8-5-6-12(19)10(7-8)17-14(21)16-9-3-1-2-4-11(9)18/h1-7,18-19H,(H2,15,20)(H2,16,17,21). The molecule has 2 rings (SSSR count). The molecule has 108 valence electrons. The Bertz CT molecular complexity index is 700. The number of anilines is 2. The van der Waals surface area contributed by atoms with Crippen LogP contribution in [0.15, 0.2) is 42.5 Å². The first kappa shape index (κ1) is 14.2. The van der Waals surface area contributed by atoms with E-state index in [0.717, 1.165) is 0 Å². The first-order valence-corrected chi connectivity index (χ1v) is 5.96. The highest BCUT2D eigenvalue weighted by Crippen LogP contribution is 2.25. The van der Waals surface area contributed by atoms with Crippen molar-refractivity contribution in [1.82, 2.24) is 0 Å². The van der Waals surface area contributed by atoms with Gasteiger partial charge in [0.15, 0.2) is 0 Å². The molecule has 7 heteroatoms. The summed E-state index contributed by atoms with van der Waals surface area (Å²) in [6.45, 7) is 0. The number of phenolic OH excluding ortho intramolecular Hbond substituents is 2. The van der Waals surface area contributed by atoms with Crippen LogP contribution < -0.4 is 16.4 Å². The highest BCUT2D eigenvalue weighted by atomic mass is 16.3. The number of urea groups is 1. The van der Waals surface area contributed by atoms with Gasteiger partial charge in [0.2, 0.25) is 5.91 Å². The van der Waals surface area contributed by atoms with E-state index in [0.29, 0.717) is 0 Å². The first-order chi connectivity index (χ1) is 9.97. The second-order valence-electron chi connectivity index (χ2n) is 4.19. The Hall–Kier alpha value is -3.22. The van der Waals surface area contributed by atoms with Gasteiger partial charge in [-0.25, -0.2) is 4.79 Å². The average molecular weight is 287 g/mol. The zero-order valence-corrected chi connectivity index (χ0v) is 10.8. The summed E-state index contributed by atoms with van der Waals surface area (Å²) in [5.41, 5.74) is 5.51. The molecule has 2 aromatic rings. The SMILES string of the molecule is NC(=O)c1ccc(O)c(NC(=O)Nc2ccccc2O)c1. The Morgan fingerprint density at radius 1 is 0.905 bits per heavy atom. The monoisotopic (exact) mass is 287 g/mol. The van der Waals surface area contributed by atoms with Crippen LogP contribution in [0, 0.1) is 0 Å². The summed E-state index contributed by atoms with van der Waals surface area (Å²) in [6, 6.07) is 9.33. The Morgan fingerprint density at radius 2 is 1.52 bits per heavy atom. The third kappa shape index (κ3) is 3.41. The maximum Gasteiger partial charge on any atom is 0.323 e. The predicted molar refractivity (Wildman–Crippen MR) is 77.4 cm³/mol. The second-order valence-corrected chi connectivity index (χ2v) is 4.19. The van der Waals surface area contributed by atoms with E-state index in [1.807, 2.05) is 0 Å². The number of rotatable bonds is 3. The van der Waals surface area contributed by atoms with Crippen LogP contribution in [-0.4, -0.2) is 22.2 Å². The third-order valence-corrected chi connectivity index (χ3v) is 2.68. The molecule has 0 atom stereocenters. The molecule has 0 aliphatic rings. The van der Waals surface area contributed by atoms with Crippen molar-refractivity contribution < 1.29 is 19.8 Å². The van der Waals surface area contributed by atoms with Crippen molar-refractivity contribution in [2.45, 2.75) is 0 Å². The summed E-state index contributed by atoms with van der Waals surface area (Å²) in [7, 11) is 0. The lowest BCUT2D eigenvalue weighted by Gasteiger charge is -2.10. The van der Waals surface area contributed by atoms with Gasteiger partial charge in [0.25, 0.3) is 0 Å². The lowest BCUT2D eigenvalue weighted by Crippen LogP contribution is -2.20. The van der Waals surface area contributed by atoms with E-state index in [9.17, 15) is 19.8 Å². The number of primary amides is 1. The molecular weight excluding hydrogens is 274 g/mol. The van der Waals surface area contributed by atoms with Crippen LogP contribution in [0.5, 0.6) is 11.5 Å². The van der Waals surface area contributed by atoms with Crippen molar-refractivity contribution in [3.05, 3.63) is 48.0 Å². The normalized spacial score (nSPS) is 9.90. The zero-order chi connectivity index (χ0) is 15.4. The minimum absolute atomic E-state index is 0.0271. The number of amides is 3. The number of carbonyl (C=O) groups is 2. The van der Waals surface area contributed by atoms with E-state index in [-0.39, 0.29) is 28.4 Å². The molecule has 0 aromatic heterocycles. The van der Waals surface area contributed by atoms with Gasteiger partial charge in [-0.05, 0) is 30.3 Å². The Balaban J connectivity index is 2.15. The molecule has 0 radical (unpaired) electrons. The summed E-state index contributed by atoms with van der Waals surface area (Å²) in [5.74, 6) is -0.991. The highest BCUT2D eigenvalue weighted by Gasteiger charge is 2.11. The van der Waals surface area contributed by atoms with E-state index in [1.165, 1.54) is 30.3 Å². The van der Waals surface area contributed by atoms with Gasteiger partial charge in [-0.3, -0.25) is 4.79 Å². The van der Waals surface area contributed by atoms with Crippen molar-refractivity contribution in [2.75, 3.05) is 10.6 Å². The minimum atomic E-state index is -0.687. The molecule has 0 heterocycles. The molecule has 0 bridgehead atoms. The van der Waals surface area contributed by atoms with Crippen molar-refractivity contribution in [3.63, 3.8) is 0 Å². The van der Waals surface area contributed by atoms with Gasteiger partial charge >= 0.3 is 6.03 Å². The van der Waals surface area contributed by atoms with Gasteiger partial charge in [0.1, 0.15) is 11.5 Å². The number of phenols is 2. The summed E-state index contributed by atoms with van der Waals surface area (Å²) in [4.78, 5) is 22.9. The number of carbonyl (C=O) groups excluding carboxylic acids is 2. The van der Waals surface area contributed by atoms with Crippen LogP contribution in [0.2, 0.25) is 0 Å². The quantitative estimate of drug-likeness (QED) is 0.552. The van der Waals surface area contributed by atoms with Gasteiger partial charge in [0, 0.05) is 5.56 Å². The molecule has 0 aliphatic heterocycles. The van der Waals surface area contributed by atoms with Gasteiger partial charge in [-0.1, -0.05) is 12.1 Å². The number of para-hydroxylation sites is 2. The average Bonchev–Trinajstić information content (AvgIpc) is 2.43. The molecule has 6 N–H and O–H groups in total. The van der Waals surface area contributed by atoms with Gasteiger partial charge in [-0.15, -0.1) is 0 Å². The minimum Gasteiger partial charge on any atom is -0.506 e. The van der Waals surface area contributed by atoms with Gasteiger partial charge in [-0.2, -0.15) is 0 Å². The lowest BCUT2D eigenvalue weighted by molar-refractivity contribution is 0.100. The van der Waals surface area contributed by atoms with Crippen LogP contribution in [0.25, 0.3) is 0 Å². The molecule has 0 unspecified atom stereocenters. The largest absolute Gasteiger partial charge is 0.506 e. The molecule has 0 fully saturated rings. The predicted octanol–water partition coefficient (Wildman–Crippen LogP) is 1.84. The highest BCUT2D eigenvalue weighted by molar-refractivity contribution is 6.02. The van der Waals surface area contributed by atoms with Crippen molar-refractivity contribution in [1.29, 1.82) is 0 Å². The maximum atomic E-state index is 11.8. The summed E-state index contributed by atoms with van der Waals surface area (Å²) in [5, 5.41) is 24.0. The summed E-state index contributed by atoms with van der Waals surface area (Å²) < 4.78 is 0. The number of hydrogen-bond donors (Lipinski definition) is 5. The molecule has 7 nitrogen and oxygen atoms in total. The Kier molecular flexibility index (Phi) is 3.94. The van der Waals surface area contributed by atoms with Crippen LogP contribution in [0.4, 0.5) is 16.2 Å². The molecule has 2 aromatic carbocycles. The van der Waals surface area contributed by atoms with Gasteiger partial charge < -0.3 is 26.6 Å². The van der Waals surface area contributed by atoms with E-state index in [1.54, 1.807) is 12.1 Å². The third-order valence-electron chi connectivity index (χ3n) is 2.68. The molecule has 0 saturated carbocycles. The fraction of sp³-hybridized carbons (Fsp3) is 0. The molecule has 3 amide bonds. The van der Waals surface area contributed by atoms with Crippen molar-refractivity contribution in [3.8, 4) is 11.5 Å². The molecule has 21 heavy (non-hydrogen) atoms. The second kappa shape index (κ2) is 5.83. The van der Waals surface area contributed by atoms with Gasteiger partial charge in [0.05, 0.1) is 11.4 Å². The van der Waals surface area contributed by atoms with Crippen molar-refractivity contribution in [2.24, 2.45) is 5.73 Å². The summed E-state index contributed by atoms with van der Waals surface area (Å²) in [6.07, 6.45) is 0. The summed E-state index contributed by atoms with van der Waals surface area (Å²) >= 11 is 0. The van der Waals surface area contributed by atoms with Crippen molar-refractivity contribution >= 4 is 23.3 Å². The van der Waals surface area contributed by atoms with E-state index in [4.69, 9.17) is 5.73 Å². The van der Waals surface area contributed by atoms with Crippen LogP contribution >= 0.6 is 0 Å². The molecule has 0 spiro atoms. The Labute approximate surface area is 120 Å². The van der Waals surface area contributed by atoms with E-state index in [2.05, 4.69) is 10.6 Å². The van der Waals surface area contributed by atoms with Crippen LogP contribution in [0.3, 0.4) is 0 Å². The van der Waals surface area contributed by atoms with E-state index < -0.39 is 11.9 Å². The van der Waals surface area contributed by atoms with Crippen LogP contribution in [0.1, 0.15) is 10.4 Å². The number of nitrogens with one attached hydrogen (secondary N) is 2. The fourth-order valence-electron chi connectivity index (χ4n) is 1.64. The molecule has 0 aliphatic carbocycles. The van der Waals surface area contributed by atoms with E-state index >= 15 is 0 Å². The zero-order valence-electron chi connectivity index (χ0n) is 10.8. The number of benzene rings is 2. The Morgan fingerprint density at radius 3 is 2.19 bits per heavy atom. The maximum absolute atomic E-state index is 11.8. The number of aromatic hydroxyl groups is 2. The molecule has 0 saturated heterocycles.